The normalized spacial score (nSPS) is 15.3. The number of H-pyrrole nitrogens is 1. The standard InChI is InChI=1S/C26H27N5O4/c1-17(30-35-16-25(32)31-10-12-34-13-11-31)18-2-4-19(5-3-18)23-14-20(6-8-27-23)24-15-21-22(29-24)7-9-28-26(21)33/h2-6,8,14-15,29-30H,1,7,9-13,16H2,(H,28,33). The Hall–Kier alpha value is -3.95. The molecule has 180 valence electrons. The molecule has 1 fully saturated rings. The highest BCUT2D eigenvalue weighted by atomic mass is 16.6. The molecule has 5 rings (SSSR count). The molecule has 0 unspecified atom stereocenters. The van der Waals surface area contributed by atoms with E-state index in [2.05, 4.69) is 27.3 Å². The van der Waals surface area contributed by atoms with Crippen molar-refractivity contribution < 1.29 is 19.2 Å². The molecule has 0 atom stereocenters. The van der Waals surface area contributed by atoms with Crippen molar-refractivity contribution in [2.75, 3.05) is 39.5 Å². The van der Waals surface area contributed by atoms with Gasteiger partial charge in [0.1, 0.15) is 0 Å². The van der Waals surface area contributed by atoms with Gasteiger partial charge in [0.25, 0.3) is 11.8 Å². The average molecular weight is 474 g/mol. The van der Waals surface area contributed by atoms with Crippen LogP contribution < -0.4 is 10.8 Å². The highest BCUT2D eigenvalue weighted by molar-refractivity contribution is 5.97. The minimum absolute atomic E-state index is 0.0399. The lowest BCUT2D eigenvalue weighted by Gasteiger charge is -2.26. The van der Waals surface area contributed by atoms with Crippen LogP contribution in [0.1, 0.15) is 21.6 Å². The lowest BCUT2D eigenvalue weighted by Crippen LogP contribution is -2.43. The Morgan fingerprint density at radius 3 is 2.71 bits per heavy atom. The van der Waals surface area contributed by atoms with Gasteiger partial charge in [0.2, 0.25) is 0 Å². The Labute approximate surface area is 203 Å². The molecule has 0 spiro atoms. The Balaban J connectivity index is 1.21. The number of hydrogen-bond donors (Lipinski definition) is 3. The third-order valence-corrected chi connectivity index (χ3v) is 6.16. The number of morpholine rings is 1. The van der Waals surface area contributed by atoms with E-state index in [1.807, 2.05) is 42.5 Å². The predicted octanol–water partition coefficient (Wildman–Crippen LogP) is 2.38. The maximum atomic E-state index is 12.2. The molecule has 3 N–H and O–H groups in total. The van der Waals surface area contributed by atoms with Crippen LogP contribution >= 0.6 is 0 Å². The summed E-state index contributed by atoms with van der Waals surface area (Å²) in [6.45, 7) is 6.85. The predicted molar refractivity (Wildman–Crippen MR) is 131 cm³/mol. The number of hydrogen-bond acceptors (Lipinski definition) is 6. The SMILES string of the molecule is C=C(NOCC(=O)N1CCOCC1)c1ccc(-c2cc(-c3cc4c([nH]3)CCNC4=O)ccn2)cc1. The summed E-state index contributed by atoms with van der Waals surface area (Å²) in [5, 5.41) is 2.87. The molecule has 4 heterocycles. The zero-order valence-electron chi connectivity index (χ0n) is 19.3. The number of ether oxygens (including phenoxy) is 1. The fraction of sp³-hybridized carbons (Fsp3) is 0.269. The highest BCUT2D eigenvalue weighted by Gasteiger charge is 2.20. The molecule has 2 aromatic heterocycles. The topological polar surface area (TPSA) is 109 Å². The molecule has 35 heavy (non-hydrogen) atoms. The largest absolute Gasteiger partial charge is 0.378 e. The van der Waals surface area contributed by atoms with Gasteiger partial charge in [-0.2, -0.15) is 0 Å². The Kier molecular flexibility index (Phi) is 6.60. The van der Waals surface area contributed by atoms with Gasteiger partial charge in [0, 0.05) is 54.8 Å². The van der Waals surface area contributed by atoms with Crippen molar-refractivity contribution in [3.8, 4) is 22.5 Å². The number of carbonyl (C=O) groups excluding carboxylic acids is 2. The number of nitrogens with zero attached hydrogens (tertiary/aromatic N) is 2. The van der Waals surface area contributed by atoms with Crippen LogP contribution in [0.5, 0.6) is 0 Å². The van der Waals surface area contributed by atoms with Gasteiger partial charge in [-0.15, -0.1) is 0 Å². The number of aromatic nitrogens is 2. The summed E-state index contributed by atoms with van der Waals surface area (Å²) < 4.78 is 5.26. The third-order valence-electron chi connectivity index (χ3n) is 6.16. The first-order valence-corrected chi connectivity index (χ1v) is 11.6. The highest BCUT2D eigenvalue weighted by Crippen LogP contribution is 2.27. The smallest absolute Gasteiger partial charge is 0.253 e. The second-order valence-corrected chi connectivity index (χ2v) is 8.45. The van der Waals surface area contributed by atoms with Crippen LogP contribution in [0.4, 0.5) is 0 Å². The number of amides is 2. The molecule has 3 aromatic rings. The van der Waals surface area contributed by atoms with Gasteiger partial charge in [-0.3, -0.25) is 24.9 Å². The maximum absolute atomic E-state index is 12.2. The maximum Gasteiger partial charge on any atom is 0.253 e. The van der Waals surface area contributed by atoms with E-state index < -0.39 is 0 Å². The van der Waals surface area contributed by atoms with E-state index in [4.69, 9.17) is 9.57 Å². The van der Waals surface area contributed by atoms with Crippen LogP contribution in [-0.2, 0) is 20.8 Å². The third kappa shape index (κ3) is 5.11. The molecule has 9 nitrogen and oxygen atoms in total. The molecule has 1 saturated heterocycles. The van der Waals surface area contributed by atoms with Crippen molar-refractivity contribution in [3.05, 3.63) is 72.1 Å². The van der Waals surface area contributed by atoms with E-state index in [0.29, 0.717) is 44.1 Å². The summed E-state index contributed by atoms with van der Waals surface area (Å²) in [5.74, 6) is -0.125. The molecular formula is C26H27N5O4. The summed E-state index contributed by atoms with van der Waals surface area (Å²) in [7, 11) is 0. The van der Waals surface area contributed by atoms with Crippen molar-refractivity contribution in [1.29, 1.82) is 0 Å². The van der Waals surface area contributed by atoms with Gasteiger partial charge >= 0.3 is 0 Å². The zero-order valence-corrected chi connectivity index (χ0v) is 19.3. The quantitative estimate of drug-likeness (QED) is 0.455. The van der Waals surface area contributed by atoms with Crippen molar-refractivity contribution in [2.24, 2.45) is 0 Å². The van der Waals surface area contributed by atoms with E-state index in [1.165, 1.54) is 0 Å². The van der Waals surface area contributed by atoms with Crippen LogP contribution in [0.2, 0.25) is 0 Å². The Bertz CT molecular complexity index is 1240. The number of nitrogens with one attached hydrogen (secondary N) is 3. The van der Waals surface area contributed by atoms with Gasteiger partial charge < -0.3 is 19.9 Å². The molecule has 2 aliphatic heterocycles. The van der Waals surface area contributed by atoms with Crippen molar-refractivity contribution in [1.82, 2.24) is 25.7 Å². The minimum Gasteiger partial charge on any atom is -0.378 e. The molecule has 9 heteroatoms. The zero-order chi connectivity index (χ0) is 24.2. The van der Waals surface area contributed by atoms with E-state index in [1.54, 1.807) is 11.1 Å². The molecular weight excluding hydrogens is 446 g/mol. The summed E-state index contributed by atoms with van der Waals surface area (Å²) in [6, 6.07) is 13.6. The number of rotatable bonds is 7. The van der Waals surface area contributed by atoms with Crippen LogP contribution in [0, 0.1) is 0 Å². The Morgan fingerprint density at radius 1 is 1.14 bits per heavy atom. The molecule has 2 aliphatic rings. The van der Waals surface area contributed by atoms with Crippen molar-refractivity contribution in [3.63, 3.8) is 0 Å². The molecule has 0 saturated carbocycles. The van der Waals surface area contributed by atoms with Crippen molar-refractivity contribution >= 4 is 17.5 Å². The summed E-state index contributed by atoms with van der Waals surface area (Å²) in [4.78, 5) is 39.2. The first-order chi connectivity index (χ1) is 17.1. The van der Waals surface area contributed by atoms with Crippen molar-refractivity contribution in [2.45, 2.75) is 6.42 Å². The van der Waals surface area contributed by atoms with Gasteiger partial charge in [-0.1, -0.05) is 30.8 Å². The number of pyridine rings is 1. The lowest BCUT2D eigenvalue weighted by molar-refractivity contribution is -0.141. The number of carbonyl (C=O) groups is 2. The Morgan fingerprint density at radius 2 is 1.94 bits per heavy atom. The van der Waals surface area contributed by atoms with Crippen LogP contribution in [-0.4, -0.2) is 66.1 Å². The van der Waals surface area contributed by atoms with Gasteiger partial charge in [-0.25, -0.2) is 0 Å². The first kappa shape index (κ1) is 22.8. The van der Waals surface area contributed by atoms with Crippen LogP contribution in [0.15, 0.2) is 55.2 Å². The average Bonchev–Trinajstić information content (AvgIpc) is 3.35. The van der Waals surface area contributed by atoms with E-state index in [-0.39, 0.29) is 18.4 Å². The van der Waals surface area contributed by atoms with Gasteiger partial charge in [0.05, 0.1) is 30.2 Å². The number of benzene rings is 1. The molecule has 0 bridgehead atoms. The number of aromatic amines is 1. The van der Waals surface area contributed by atoms with E-state index in [9.17, 15) is 9.59 Å². The van der Waals surface area contributed by atoms with Crippen LogP contribution in [0.3, 0.4) is 0 Å². The molecule has 0 radical (unpaired) electrons. The molecule has 1 aromatic carbocycles. The summed E-state index contributed by atoms with van der Waals surface area (Å²) >= 11 is 0. The second kappa shape index (κ2) is 10.1. The molecule has 0 aliphatic carbocycles. The van der Waals surface area contributed by atoms with Gasteiger partial charge in [0.15, 0.2) is 6.61 Å². The van der Waals surface area contributed by atoms with Crippen LogP contribution in [0.25, 0.3) is 28.2 Å². The number of hydroxylamine groups is 1. The summed E-state index contributed by atoms with van der Waals surface area (Å²) in [5.41, 5.74) is 9.45. The summed E-state index contributed by atoms with van der Waals surface area (Å²) in [6.07, 6.45) is 2.56. The monoisotopic (exact) mass is 473 g/mol. The van der Waals surface area contributed by atoms with Gasteiger partial charge in [-0.05, 0) is 23.8 Å². The lowest BCUT2D eigenvalue weighted by atomic mass is 10.0. The van der Waals surface area contributed by atoms with E-state index in [0.717, 1.165) is 40.2 Å². The second-order valence-electron chi connectivity index (χ2n) is 8.45. The number of fused-ring (bicyclic) bond motifs is 1. The van der Waals surface area contributed by atoms with E-state index >= 15 is 0 Å². The molecule has 2 amide bonds. The minimum atomic E-state index is -0.0848. The fourth-order valence-corrected chi connectivity index (χ4v) is 4.19. The first-order valence-electron chi connectivity index (χ1n) is 11.6. The fourth-order valence-electron chi connectivity index (χ4n) is 4.19.